The van der Waals surface area contributed by atoms with Crippen LogP contribution in [0.1, 0.15) is 13.8 Å². The van der Waals surface area contributed by atoms with Crippen molar-refractivity contribution in [2.75, 3.05) is 13.2 Å². The second-order valence-corrected chi connectivity index (χ2v) is 5.79. The summed E-state index contributed by atoms with van der Waals surface area (Å²) in [5, 5.41) is 3.06. The number of ether oxygens (including phenoxy) is 2. The second kappa shape index (κ2) is 7.29. The summed E-state index contributed by atoms with van der Waals surface area (Å²) in [5.41, 5.74) is 3.17. The Morgan fingerprint density at radius 2 is 1.61 bits per heavy atom. The van der Waals surface area contributed by atoms with Gasteiger partial charge in [0, 0.05) is 16.5 Å². The first kappa shape index (κ1) is 15.6. The van der Waals surface area contributed by atoms with Crippen LogP contribution < -0.4 is 9.47 Å². The number of hydrogen-bond donors (Lipinski definition) is 0. The molecular formula is C19H19NO2S. The van der Waals surface area contributed by atoms with Crippen molar-refractivity contribution in [2.24, 2.45) is 0 Å². The van der Waals surface area contributed by atoms with Gasteiger partial charge in [-0.15, -0.1) is 11.3 Å². The quantitative estimate of drug-likeness (QED) is 0.618. The van der Waals surface area contributed by atoms with Crippen molar-refractivity contribution in [3.8, 4) is 33.3 Å². The minimum Gasteiger partial charge on any atom is -0.490 e. The third kappa shape index (κ3) is 3.54. The third-order valence-electron chi connectivity index (χ3n) is 3.36. The average Bonchev–Trinajstić information content (AvgIpc) is 3.08. The maximum absolute atomic E-state index is 5.69. The predicted molar refractivity (Wildman–Crippen MR) is 95.3 cm³/mol. The molecule has 0 aliphatic carbocycles. The van der Waals surface area contributed by atoms with E-state index >= 15 is 0 Å². The van der Waals surface area contributed by atoms with E-state index in [1.165, 1.54) is 0 Å². The zero-order chi connectivity index (χ0) is 16.1. The smallest absolute Gasteiger partial charge is 0.161 e. The van der Waals surface area contributed by atoms with Crippen LogP contribution in [0.25, 0.3) is 21.8 Å². The van der Waals surface area contributed by atoms with E-state index in [1.54, 1.807) is 11.3 Å². The fraction of sp³-hybridized carbons (Fsp3) is 0.211. The molecule has 0 spiro atoms. The lowest BCUT2D eigenvalue weighted by Crippen LogP contribution is -1.98. The van der Waals surface area contributed by atoms with Gasteiger partial charge >= 0.3 is 0 Å². The lowest BCUT2D eigenvalue weighted by atomic mass is 10.2. The van der Waals surface area contributed by atoms with E-state index in [2.05, 4.69) is 17.5 Å². The van der Waals surface area contributed by atoms with Crippen LogP contribution >= 0.6 is 11.3 Å². The summed E-state index contributed by atoms with van der Waals surface area (Å²) in [6, 6.07) is 16.2. The van der Waals surface area contributed by atoms with Gasteiger partial charge in [0.2, 0.25) is 0 Å². The Bertz CT molecular complexity index is 768. The zero-order valence-electron chi connectivity index (χ0n) is 13.3. The molecule has 4 heteroatoms. The topological polar surface area (TPSA) is 31.4 Å². The van der Waals surface area contributed by atoms with Crippen LogP contribution in [0.3, 0.4) is 0 Å². The molecule has 118 valence electrons. The second-order valence-electron chi connectivity index (χ2n) is 4.93. The summed E-state index contributed by atoms with van der Waals surface area (Å²) in [5.74, 6) is 1.54. The Labute approximate surface area is 140 Å². The molecule has 1 aromatic heterocycles. The zero-order valence-corrected chi connectivity index (χ0v) is 14.1. The highest BCUT2D eigenvalue weighted by molar-refractivity contribution is 7.13. The van der Waals surface area contributed by atoms with Crippen molar-refractivity contribution in [1.82, 2.24) is 4.98 Å². The van der Waals surface area contributed by atoms with Crippen LogP contribution in [0.4, 0.5) is 0 Å². The number of hydrogen-bond acceptors (Lipinski definition) is 4. The Balaban J connectivity index is 1.93. The lowest BCUT2D eigenvalue weighted by Gasteiger charge is -2.11. The van der Waals surface area contributed by atoms with Crippen LogP contribution in [0, 0.1) is 0 Å². The summed E-state index contributed by atoms with van der Waals surface area (Å²) in [6.45, 7) is 5.17. The molecule has 0 saturated heterocycles. The molecule has 2 aromatic carbocycles. The molecule has 3 rings (SSSR count). The van der Waals surface area contributed by atoms with Crippen molar-refractivity contribution in [2.45, 2.75) is 13.8 Å². The highest BCUT2D eigenvalue weighted by Gasteiger charge is 2.11. The fourth-order valence-electron chi connectivity index (χ4n) is 2.33. The summed E-state index contributed by atoms with van der Waals surface area (Å²) in [4.78, 5) is 4.75. The molecular weight excluding hydrogens is 306 g/mol. The molecule has 0 aliphatic heterocycles. The summed E-state index contributed by atoms with van der Waals surface area (Å²) < 4.78 is 11.3. The molecule has 23 heavy (non-hydrogen) atoms. The van der Waals surface area contributed by atoms with Crippen LogP contribution in [-0.4, -0.2) is 18.2 Å². The van der Waals surface area contributed by atoms with E-state index in [-0.39, 0.29) is 0 Å². The molecule has 0 bridgehead atoms. The SMILES string of the molecule is CCOc1ccc(-c2nc(-c3ccccc3)cs2)cc1OCC. The third-order valence-corrected chi connectivity index (χ3v) is 4.26. The van der Waals surface area contributed by atoms with Crippen molar-refractivity contribution >= 4 is 11.3 Å². The van der Waals surface area contributed by atoms with Gasteiger partial charge < -0.3 is 9.47 Å². The van der Waals surface area contributed by atoms with Crippen molar-refractivity contribution < 1.29 is 9.47 Å². The first-order valence-electron chi connectivity index (χ1n) is 7.72. The molecule has 1 heterocycles. The monoisotopic (exact) mass is 325 g/mol. The Kier molecular flexibility index (Phi) is 4.93. The van der Waals surface area contributed by atoms with Gasteiger partial charge in [0.05, 0.1) is 18.9 Å². The summed E-state index contributed by atoms with van der Waals surface area (Å²) in [7, 11) is 0. The fourth-order valence-corrected chi connectivity index (χ4v) is 3.16. The van der Waals surface area contributed by atoms with Crippen LogP contribution in [0.15, 0.2) is 53.9 Å². The maximum Gasteiger partial charge on any atom is 0.161 e. The highest BCUT2D eigenvalue weighted by atomic mass is 32.1. The van der Waals surface area contributed by atoms with E-state index in [4.69, 9.17) is 14.5 Å². The minimum atomic E-state index is 0.608. The number of benzene rings is 2. The molecule has 0 amide bonds. The first-order chi connectivity index (χ1) is 11.3. The standard InChI is InChI=1S/C19H19NO2S/c1-3-21-17-11-10-15(12-18(17)22-4-2)19-20-16(13-23-19)14-8-6-5-7-9-14/h5-13H,3-4H2,1-2H3. The average molecular weight is 325 g/mol. The molecule has 0 N–H and O–H groups in total. The van der Waals surface area contributed by atoms with E-state index in [9.17, 15) is 0 Å². The first-order valence-corrected chi connectivity index (χ1v) is 8.60. The van der Waals surface area contributed by atoms with Crippen molar-refractivity contribution in [3.05, 3.63) is 53.9 Å². The van der Waals surface area contributed by atoms with Crippen LogP contribution in [0.5, 0.6) is 11.5 Å². The molecule has 3 aromatic rings. The highest BCUT2D eigenvalue weighted by Crippen LogP contribution is 2.35. The van der Waals surface area contributed by atoms with E-state index < -0.39 is 0 Å². The number of aromatic nitrogens is 1. The Morgan fingerprint density at radius 1 is 0.870 bits per heavy atom. The van der Waals surface area contributed by atoms with Gasteiger partial charge in [0.15, 0.2) is 11.5 Å². The van der Waals surface area contributed by atoms with Gasteiger partial charge in [-0.25, -0.2) is 4.98 Å². The minimum absolute atomic E-state index is 0.608. The molecule has 0 radical (unpaired) electrons. The van der Waals surface area contributed by atoms with Gasteiger partial charge in [-0.2, -0.15) is 0 Å². The van der Waals surface area contributed by atoms with Crippen LogP contribution in [-0.2, 0) is 0 Å². The van der Waals surface area contributed by atoms with E-state index in [1.807, 2.05) is 50.2 Å². The largest absolute Gasteiger partial charge is 0.490 e. The van der Waals surface area contributed by atoms with Crippen LogP contribution in [0.2, 0.25) is 0 Å². The van der Waals surface area contributed by atoms with E-state index in [0.717, 1.165) is 33.3 Å². The predicted octanol–water partition coefficient (Wildman–Crippen LogP) is 5.27. The lowest BCUT2D eigenvalue weighted by molar-refractivity contribution is 0.288. The Hall–Kier alpha value is -2.33. The molecule has 0 saturated carbocycles. The normalized spacial score (nSPS) is 10.5. The van der Waals surface area contributed by atoms with Crippen molar-refractivity contribution in [3.63, 3.8) is 0 Å². The van der Waals surface area contributed by atoms with Gasteiger partial charge in [-0.05, 0) is 32.0 Å². The summed E-state index contributed by atoms with van der Waals surface area (Å²) in [6.07, 6.45) is 0. The maximum atomic E-state index is 5.69. The van der Waals surface area contributed by atoms with Crippen molar-refractivity contribution in [1.29, 1.82) is 0 Å². The van der Waals surface area contributed by atoms with Gasteiger partial charge in [0.1, 0.15) is 5.01 Å². The van der Waals surface area contributed by atoms with Gasteiger partial charge in [0.25, 0.3) is 0 Å². The number of thiazole rings is 1. The van der Waals surface area contributed by atoms with E-state index in [0.29, 0.717) is 13.2 Å². The summed E-state index contributed by atoms with van der Waals surface area (Å²) >= 11 is 1.64. The molecule has 0 unspecified atom stereocenters. The van der Waals surface area contributed by atoms with Gasteiger partial charge in [-0.3, -0.25) is 0 Å². The molecule has 0 atom stereocenters. The van der Waals surface area contributed by atoms with Gasteiger partial charge in [-0.1, -0.05) is 30.3 Å². The number of nitrogens with zero attached hydrogens (tertiary/aromatic N) is 1. The number of rotatable bonds is 6. The molecule has 3 nitrogen and oxygen atoms in total. The Morgan fingerprint density at radius 3 is 2.35 bits per heavy atom. The molecule has 0 aliphatic rings. The molecule has 0 fully saturated rings.